The number of nitrogens with zero attached hydrogens (tertiary/aromatic N) is 4. The summed E-state index contributed by atoms with van der Waals surface area (Å²) in [5.41, 5.74) is -0.447. The quantitative estimate of drug-likeness (QED) is 0.256. The molecule has 3 saturated heterocycles. The smallest absolute Gasteiger partial charge is 0.330 e. The second kappa shape index (κ2) is 9.93. The average molecular weight is 713 g/mol. The molecule has 0 N–H and O–H groups in total. The number of hydrogen-bond acceptors (Lipinski definition) is 4. The van der Waals surface area contributed by atoms with Gasteiger partial charge in [0.2, 0.25) is 0 Å². The van der Waals surface area contributed by atoms with Gasteiger partial charge in [0.25, 0.3) is 11.8 Å². The maximum atomic E-state index is 14.7. The first-order valence-corrected chi connectivity index (χ1v) is 12.5. The molecule has 1 aromatic rings. The number of piperazine rings is 1. The monoisotopic (exact) mass is 712 g/mol. The summed E-state index contributed by atoms with van der Waals surface area (Å²) in [7, 11) is 0. The number of imide groups is 1. The summed E-state index contributed by atoms with van der Waals surface area (Å²) in [6.07, 6.45) is -8.44. The van der Waals surface area contributed by atoms with Gasteiger partial charge in [0.15, 0.2) is 0 Å². The highest BCUT2D eigenvalue weighted by molar-refractivity contribution is 6.33. The lowest BCUT2D eigenvalue weighted by Gasteiger charge is -2.42. The Kier molecular flexibility index (Phi) is 7.60. The molecule has 4 amide bonds. The molecule has 23 heteroatoms. The highest BCUT2D eigenvalue weighted by atomic mass is 35.5. The van der Waals surface area contributed by atoms with Gasteiger partial charge in [-0.2, -0.15) is 71.1 Å². The number of benzene rings is 1. The van der Waals surface area contributed by atoms with Crippen LogP contribution < -0.4 is 4.90 Å². The summed E-state index contributed by atoms with van der Waals surface area (Å²) in [6, 6.07) is -2.92. The van der Waals surface area contributed by atoms with Crippen molar-refractivity contribution in [2.45, 2.75) is 73.2 Å². The van der Waals surface area contributed by atoms with E-state index in [1.54, 1.807) is 6.07 Å². The van der Waals surface area contributed by atoms with E-state index in [1.165, 1.54) is 6.92 Å². The number of carbonyl (C=O) groups is 3. The first kappa shape index (κ1) is 35.2. The Balaban J connectivity index is 1.67. The lowest BCUT2D eigenvalue weighted by molar-refractivity contribution is -0.450. The Hall–Kier alpha value is -3.64. The third kappa shape index (κ3) is 4.11. The van der Waals surface area contributed by atoms with Crippen molar-refractivity contribution in [1.29, 1.82) is 5.26 Å². The average Bonchev–Trinajstić information content (AvgIpc) is 3.60. The van der Waals surface area contributed by atoms with Gasteiger partial charge < -0.3 is 9.80 Å². The zero-order valence-electron chi connectivity index (χ0n) is 21.9. The lowest BCUT2D eigenvalue weighted by Crippen LogP contribution is -2.74. The predicted molar refractivity (Wildman–Crippen MR) is 119 cm³/mol. The molecule has 3 fully saturated rings. The van der Waals surface area contributed by atoms with Crippen molar-refractivity contribution in [1.82, 2.24) is 9.80 Å². The molecule has 0 spiro atoms. The van der Waals surface area contributed by atoms with Crippen molar-refractivity contribution in [2.75, 3.05) is 11.4 Å². The number of halogens is 16. The Morgan fingerprint density at radius 2 is 1.35 bits per heavy atom. The Morgan fingerprint density at radius 1 is 0.848 bits per heavy atom. The van der Waals surface area contributed by atoms with Gasteiger partial charge in [-0.25, -0.2) is 9.69 Å². The van der Waals surface area contributed by atoms with E-state index >= 15 is 0 Å². The minimum Gasteiger partial charge on any atom is -0.330 e. The Bertz CT molecular complexity index is 1560. The maximum Gasteiger partial charge on any atom is 0.460 e. The van der Waals surface area contributed by atoms with Crippen molar-refractivity contribution in [2.24, 2.45) is 0 Å². The highest BCUT2D eigenvalue weighted by Crippen LogP contribution is 2.62. The van der Waals surface area contributed by atoms with Crippen LogP contribution in [0.25, 0.3) is 0 Å². The maximum absolute atomic E-state index is 14.7. The largest absolute Gasteiger partial charge is 0.460 e. The fourth-order valence-corrected chi connectivity index (χ4v) is 5.60. The van der Waals surface area contributed by atoms with Crippen LogP contribution in [-0.2, 0) is 9.59 Å². The van der Waals surface area contributed by atoms with Gasteiger partial charge in [0.05, 0.1) is 28.4 Å². The van der Waals surface area contributed by atoms with Crippen LogP contribution in [0.2, 0.25) is 5.02 Å². The summed E-state index contributed by atoms with van der Waals surface area (Å²) in [4.78, 5) is 39.4. The standard InChI is InChI=1S/C23H12ClF15N4O3/c1-7-10(3-2-8(5-40)12(7)24)43-14(44)13-11-4-9(42(13)16(43)46)6-41(11)15(45)17(25,26)18(27,28)19(29,30)20(31,32)21(33,34)22(35,36)23(37,38)39/h2-3,9,11,13H,4,6H2,1H3/t9-,11?,13+/m1/s1. The minimum atomic E-state index is -8.57. The van der Waals surface area contributed by atoms with Gasteiger partial charge in [-0.05, 0) is 31.0 Å². The topological polar surface area (TPSA) is 84.7 Å². The zero-order valence-corrected chi connectivity index (χ0v) is 22.6. The van der Waals surface area contributed by atoms with Crippen LogP contribution in [0.5, 0.6) is 0 Å². The summed E-state index contributed by atoms with van der Waals surface area (Å²) in [5, 5.41) is 8.83. The third-order valence-electron chi connectivity index (χ3n) is 7.84. The molecule has 254 valence electrons. The molecule has 0 aromatic heterocycles. The zero-order chi connectivity index (χ0) is 35.5. The number of amides is 4. The first-order valence-electron chi connectivity index (χ1n) is 12.1. The van der Waals surface area contributed by atoms with E-state index in [2.05, 4.69) is 0 Å². The summed E-state index contributed by atoms with van der Waals surface area (Å²) in [6.45, 7) is -0.0183. The van der Waals surface area contributed by atoms with Crippen LogP contribution in [0.15, 0.2) is 12.1 Å². The van der Waals surface area contributed by atoms with Crippen LogP contribution in [0.3, 0.4) is 0 Å². The van der Waals surface area contributed by atoms with Crippen molar-refractivity contribution in [3.05, 3.63) is 28.3 Å². The molecule has 0 radical (unpaired) electrons. The third-order valence-corrected chi connectivity index (χ3v) is 8.33. The molecule has 2 bridgehead atoms. The van der Waals surface area contributed by atoms with Crippen molar-refractivity contribution in [3.8, 4) is 6.07 Å². The summed E-state index contributed by atoms with van der Waals surface area (Å²) >= 11 is 6.01. The SMILES string of the molecule is Cc1c(N2C(=O)[C@@H]3C4C[C@H](CN4C(=O)C(F)(F)C(F)(F)C(F)(F)C(F)(F)C(F)(F)C(F)(F)C(F)(F)F)N3C2=O)ccc(C#N)c1Cl. The van der Waals surface area contributed by atoms with E-state index < -0.39 is 95.5 Å². The van der Waals surface area contributed by atoms with Gasteiger partial charge in [-0.15, -0.1) is 0 Å². The number of anilines is 1. The number of likely N-dealkylation sites (tertiary alicyclic amines) is 1. The summed E-state index contributed by atoms with van der Waals surface area (Å²) < 4.78 is 204. The van der Waals surface area contributed by atoms with Crippen LogP contribution in [0.1, 0.15) is 17.5 Å². The Morgan fingerprint density at radius 3 is 1.85 bits per heavy atom. The van der Waals surface area contributed by atoms with Crippen molar-refractivity contribution >= 4 is 35.1 Å². The predicted octanol–water partition coefficient (Wildman–Crippen LogP) is 6.01. The second-order valence-corrected chi connectivity index (χ2v) is 10.7. The number of urea groups is 1. The van der Waals surface area contributed by atoms with E-state index in [9.17, 15) is 80.2 Å². The number of fused-ring (bicyclic) bond motifs is 5. The Labute approximate surface area is 250 Å². The number of hydrogen-bond donors (Lipinski definition) is 0. The second-order valence-electron chi connectivity index (χ2n) is 10.3. The van der Waals surface area contributed by atoms with Crippen LogP contribution >= 0.6 is 11.6 Å². The fourth-order valence-electron chi connectivity index (χ4n) is 5.40. The molecule has 0 saturated carbocycles. The van der Waals surface area contributed by atoms with Gasteiger partial charge in [0.1, 0.15) is 12.1 Å². The molecular formula is C23H12ClF15N4O3. The normalized spacial score (nSPS) is 23.0. The highest BCUT2D eigenvalue weighted by Gasteiger charge is 2.94. The number of carbonyl (C=O) groups excluding carboxylic acids is 3. The minimum absolute atomic E-state index is 0.0499. The van der Waals surface area contributed by atoms with E-state index in [4.69, 9.17) is 16.9 Å². The van der Waals surface area contributed by atoms with Gasteiger partial charge in [0, 0.05) is 6.54 Å². The van der Waals surface area contributed by atoms with Crippen molar-refractivity contribution in [3.63, 3.8) is 0 Å². The van der Waals surface area contributed by atoms with Gasteiger partial charge in [-0.3, -0.25) is 9.59 Å². The molecule has 3 aliphatic heterocycles. The van der Waals surface area contributed by atoms with E-state index in [0.29, 0.717) is 9.80 Å². The molecule has 3 aliphatic rings. The van der Waals surface area contributed by atoms with E-state index in [-0.39, 0.29) is 21.8 Å². The number of alkyl halides is 15. The first-order chi connectivity index (χ1) is 20.6. The van der Waals surface area contributed by atoms with Gasteiger partial charge in [-0.1, -0.05) is 11.6 Å². The van der Waals surface area contributed by atoms with E-state index in [1.807, 2.05) is 0 Å². The fraction of sp³-hybridized carbons (Fsp3) is 0.565. The molecule has 1 unspecified atom stereocenters. The van der Waals surface area contributed by atoms with Gasteiger partial charge >= 0.3 is 47.7 Å². The lowest BCUT2D eigenvalue weighted by atomic mass is 9.90. The molecule has 0 aliphatic carbocycles. The van der Waals surface area contributed by atoms with Crippen LogP contribution in [-0.4, -0.2) is 94.0 Å². The molecule has 3 atom stereocenters. The van der Waals surface area contributed by atoms with Crippen LogP contribution in [0.4, 0.5) is 76.3 Å². The number of nitriles is 1. The molecule has 3 heterocycles. The number of rotatable bonds is 7. The summed E-state index contributed by atoms with van der Waals surface area (Å²) in [5.74, 6) is -53.8. The molecule has 7 nitrogen and oxygen atoms in total. The molecular weight excluding hydrogens is 701 g/mol. The molecule has 4 rings (SSSR count). The molecule has 46 heavy (non-hydrogen) atoms. The molecule has 1 aromatic carbocycles. The van der Waals surface area contributed by atoms with Crippen LogP contribution in [0, 0.1) is 18.3 Å². The van der Waals surface area contributed by atoms with Crippen molar-refractivity contribution < 1.29 is 80.2 Å². The van der Waals surface area contributed by atoms with E-state index in [0.717, 1.165) is 12.1 Å².